The van der Waals surface area contributed by atoms with Crippen molar-refractivity contribution in [3.05, 3.63) is 96.3 Å². The summed E-state index contributed by atoms with van der Waals surface area (Å²) >= 11 is 0. The number of benzene rings is 2. The zero-order valence-electron chi connectivity index (χ0n) is 13.8. The number of ether oxygens (including phenoxy) is 1. The Labute approximate surface area is 146 Å². The van der Waals surface area contributed by atoms with Crippen LogP contribution in [0.1, 0.15) is 16.1 Å². The number of pyridine rings is 1. The number of hydrogen-bond acceptors (Lipinski definition) is 2. The second-order valence-electron chi connectivity index (χ2n) is 5.83. The molecule has 0 fully saturated rings. The SMILES string of the molecule is COc1cccc(C(=O)c2c(-c3ccccc3)cc3ccccn23)c1. The largest absolute Gasteiger partial charge is 0.497 e. The van der Waals surface area contributed by atoms with Gasteiger partial charge in [0.05, 0.1) is 7.11 Å². The summed E-state index contributed by atoms with van der Waals surface area (Å²) in [6.07, 6.45) is 1.93. The molecule has 122 valence electrons. The van der Waals surface area contributed by atoms with Gasteiger partial charge in [0.1, 0.15) is 11.4 Å². The van der Waals surface area contributed by atoms with Crippen molar-refractivity contribution in [2.45, 2.75) is 0 Å². The summed E-state index contributed by atoms with van der Waals surface area (Å²) in [5.41, 5.74) is 4.22. The number of rotatable bonds is 4. The van der Waals surface area contributed by atoms with Crippen molar-refractivity contribution < 1.29 is 9.53 Å². The first kappa shape index (κ1) is 15.2. The van der Waals surface area contributed by atoms with Crippen LogP contribution in [0.25, 0.3) is 16.6 Å². The van der Waals surface area contributed by atoms with E-state index in [0.717, 1.165) is 16.6 Å². The number of methoxy groups -OCH3 is 1. The van der Waals surface area contributed by atoms with E-state index >= 15 is 0 Å². The standard InChI is InChI=1S/C22H17NO2/c1-25-19-12-7-10-17(14-19)22(24)21-20(16-8-3-2-4-9-16)15-18-11-5-6-13-23(18)21/h2-15H,1H3. The third-order valence-electron chi connectivity index (χ3n) is 4.31. The van der Waals surface area contributed by atoms with E-state index in [0.29, 0.717) is 17.0 Å². The van der Waals surface area contributed by atoms with E-state index in [1.54, 1.807) is 13.2 Å². The lowest BCUT2D eigenvalue weighted by molar-refractivity contribution is 0.103. The molecule has 0 aliphatic heterocycles. The Morgan fingerprint density at radius 2 is 1.68 bits per heavy atom. The molecule has 0 radical (unpaired) electrons. The molecule has 25 heavy (non-hydrogen) atoms. The van der Waals surface area contributed by atoms with E-state index in [4.69, 9.17) is 4.74 Å². The predicted molar refractivity (Wildman–Crippen MR) is 99.3 cm³/mol. The Bertz CT molecular complexity index is 1050. The van der Waals surface area contributed by atoms with Gasteiger partial charge in [0.15, 0.2) is 0 Å². The topological polar surface area (TPSA) is 30.7 Å². The molecule has 3 nitrogen and oxygen atoms in total. The highest BCUT2D eigenvalue weighted by molar-refractivity contribution is 6.13. The molecular formula is C22H17NO2. The van der Waals surface area contributed by atoms with Crippen molar-refractivity contribution in [3.8, 4) is 16.9 Å². The van der Waals surface area contributed by atoms with Crippen molar-refractivity contribution in [1.29, 1.82) is 0 Å². The van der Waals surface area contributed by atoms with Gasteiger partial charge in [-0.05, 0) is 35.9 Å². The zero-order valence-corrected chi connectivity index (χ0v) is 13.8. The molecule has 2 heterocycles. The number of fused-ring (bicyclic) bond motifs is 1. The minimum atomic E-state index is -0.0241. The molecular weight excluding hydrogens is 310 g/mol. The molecule has 4 aromatic rings. The molecule has 0 amide bonds. The number of nitrogens with zero attached hydrogens (tertiary/aromatic N) is 1. The van der Waals surface area contributed by atoms with Gasteiger partial charge in [-0.2, -0.15) is 0 Å². The fourth-order valence-corrected chi connectivity index (χ4v) is 3.09. The van der Waals surface area contributed by atoms with Crippen LogP contribution in [0.3, 0.4) is 0 Å². The van der Waals surface area contributed by atoms with Crippen LogP contribution in [-0.2, 0) is 0 Å². The molecule has 2 aromatic heterocycles. The Kier molecular flexibility index (Phi) is 3.82. The molecule has 0 spiro atoms. The first-order valence-electron chi connectivity index (χ1n) is 8.12. The third-order valence-corrected chi connectivity index (χ3v) is 4.31. The average molecular weight is 327 g/mol. The van der Waals surface area contributed by atoms with Gasteiger partial charge in [-0.1, -0.05) is 48.5 Å². The second-order valence-corrected chi connectivity index (χ2v) is 5.83. The van der Waals surface area contributed by atoms with Gasteiger partial charge in [0.25, 0.3) is 0 Å². The summed E-state index contributed by atoms with van der Waals surface area (Å²) in [5.74, 6) is 0.650. The van der Waals surface area contributed by atoms with Gasteiger partial charge in [-0.25, -0.2) is 0 Å². The first-order valence-corrected chi connectivity index (χ1v) is 8.12. The van der Waals surface area contributed by atoms with Crippen molar-refractivity contribution in [2.24, 2.45) is 0 Å². The normalized spacial score (nSPS) is 10.8. The van der Waals surface area contributed by atoms with Gasteiger partial charge in [0, 0.05) is 22.8 Å². The van der Waals surface area contributed by atoms with E-state index in [-0.39, 0.29) is 5.78 Å². The first-order chi connectivity index (χ1) is 12.3. The van der Waals surface area contributed by atoms with Gasteiger partial charge >= 0.3 is 0 Å². The lowest BCUT2D eigenvalue weighted by atomic mass is 10.00. The minimum Gasteiger partial charge on any atom is -0.497 e. The summed E-state index contributed by atoms with van der Waals surface area (Å²) in [7, 11) is 1.60. The second kappa shape index (κ2) is 6.29. The van der Waals surface area contributed by atoms with E-state index < -0.39 is 0 Å². The van der Waals surface area contributed by atoms with Crippen LogP contribution in [0, 0.1) is 0 Å². The predicted octanol–water partition coefficient (Wildman–Crippen LogP) is 4.85. The summed E-state index contributed by atoms with van der Waals surface area (Å²) in [5, 5.41) is 0. The molecule has 0 saturated heterocycles. The van der Waals surface area contributed by atoms with Crippen molar-refractivity contribution >= 4 is 11.3 Å². The summed E-state index contributed by atoms with van der Waals surface area (Å²) in [6.45, 7) is 0. The highest BCUT2D eigenvalue weighted by atomic mass is 16.5. The van der Waals surface area contributed by atoms with Crippen LogP contribution >= 0.6 is 0 Å². The number of carbonyl (C=O) groups is 1. The molecule has 0 N–H and O–H groups in total. The Hall–Kier alpha value is -3.33. The van der Waals surface area contributed by atoms with Crippen molar-refractivity contribution in [2.75, 3.05) is 7.11 Å². The lowest BCUT2D eigenvalue weighted by Crippen LogP contribution is -2.07. The van der Waals surface area contributed by atoms with Crippen molar-refractivity contribution in [1.82, 2.24) is 4.40 Å². The summed E-state index contributed by atoms with van der Waals surface area (Å²) < 4.78 is 7.21. The highest BCUT2D eigenvalue weighted by Crippen LogP contribution is 2.30. The van der Waals surface area contributed by atoms with Crippen LogP contribution in [0.2, 0.25) is 0 Å². The smallest absolute Gasteiger partial charge is 0.210 e. The number of aromatic nitrogens is 1. The molecule has 0 saturated carbocycles. The summed E-state index contributed by atoms with van der Waals surface area (Å²) in [6, 6.07) is 25.2. The number of hydrogen-bond donors (Lipinski definition) is 0. The zero-order chi connectivity index (χ0) is 17.2. The van der Waals surface area contributed by atoms with E-state index in [9.17, 15) is 4.79 Å². The third kappa shape index (κ3) is 2.70. The quantitative estimate of drug-likeness (QED) is 0.502. The maximum absolute atomic E-state index is 13.3. The fourth-order valence-electron chi connectivity index (χ4n) is 3.09. The van der Waals surface area contributed by atoms with E-state index in [1.807, 2.05) is 77.3 Å². The molecule has 0 bridgehead atoms. The fraction of sp³-hybridized carbons (Fsp3) is 0.0455. The molecule has 0 unspecified atom stereocenters. The van der Waals surface area contributed by atoms with Crippen LogP contribution in [0.15, 0.2) is 85.1 Å². The lowest BCUT2D eigenvalue weighted by Gasteiger charge is -2.08. The molecule has 0 aliphatic carbocycles. The number of ketones is 1. The molecule has 2 aromatic carbocycles. The van der Waals surface area contributed by atoms with Crippen LogP contribution < -0.4 is 4.74 Å². The van der Waals surface area contributed by atoms with Crippen LogP contribution in [0.4, 0.5) is 0 Å². The summed E-state index contributed by atoms with van der Waals surface area (Å²) in [4.78, 5) is 13.3. The monoisotopic (exact) mass is 327 g/mol. The Morgan fingerprint density at radius 1 is 0.880 bits per heavy atom. The highest BCUT2D eigenvalue weighted by Gasteiger charge is 2.20. The Balaban J connectivity index is 1.95. The molecule has 0 atom stereocenters. The van der Waals surface area contributed by atoms with E-state index in [1.165, 1.54) is 0 Å². The van der Waals surface area contributed by atoms with Gasteiger partial charge in [-0.3, -0.25) is 4.79 Å². The van der Waals surface area contributed by atoms with Crippen LogP contribution in [0.5, 0.6) is 5.75 Å². The number of carbonyl (C=O) groups excluding carboxylic acids is 1. The minimum absolute atomic E-state index is 0.0241. The van der Waals surface area contributed by atoms with E-state index in [2.05, 4.69) is 6.07 Å². The van der Waals surface area contributed by atoms with Gasteiger partial charge in [-0.15, -0.1) is 0 Å². The van der Waals surface area contributed by atoms with Gasteiger partial charge < -0.3 is 9.14 Å². The molecule has 0 aliphatic rings. The maximum Gasteiger partial charge on any atom is 0.210 e. The van der Waals surface area contributed by atoms with Crippen molar-refractivity contribution in [3.63, 3.8) is 0 Å². The average Bonchev–Trinajstić information content (AvgIpc) is 3.07. The van der Waals surface area contributed by atoms with Crippen LogP contribution in [-0.4, -0.2) is 17.3 Å². The maximum atomic E-state index is 13.3. The Morgan fingerprint density at radius 3 is 2.48 bits per heavy atom. The van der Waals surface area contributed by atoms with Gasteiger partial charge in [0.2, 0.25) is 5.78 Å². The molecule has 4 rings (SSSR count). The molecule has 3 heteroatoms.